The van der Waals surface area contributed by atoms with E-state index in [1.54, 1.807) is 0 Å². The van der Waals surface area contributed by atoms with Gasteiger partial charge in [-0.2, -0.15) is 0 Å². The predicted octanol–water partition coefficient (Wildman–Crippen LogP) is 2.62. The van der Waals surface area contributed by atoms with Crippen LogP contribution in [0.2, 0.25) is 0 Å². The van der Waals surface area contributed by atoms with Crippen LogP contribution in [0.25, 0.3) is 0 Å². The van der Waals surface area contributed by atoms with E-state index in [9.17, 15) is 5.11 Å². The van der Waals surface area contributed by atoms with Crippen molar-refractivity contribution in [1.82, 2.24) is 15.2 Å². The Morgan fingerprint density at radius 1 is 1.41 bits per heavy atom. The lowest BCUT2D eigenvalue weighted by molar-refractivity contribution is 0.0998. The molecule has 0 spiro atoms. The van der Waals surface area contributed by atoms with Crippen LogP contribution in [0, 0.1) is 5.92 Å². The van der Waals surface area contributed by atoms with Crippen LogP contribution >= 0.6 is 11.3 Å². The van der Waals surface area contributed by atoms with Gasteiger partial charge in [-0.1, -0.05) is 20.8 Å². The Labute approximate surface area is 138 Å². The third kappa shape index (κ3) is 5.61. The fourth-order valence-electron chi connectivity index (χ4n) is 2.88. The number of hydrogen-bond acceptors (Lipinski definition) is 5. The van der Waals surface area contributed by atoms with Gasteiger partial charge in [0.25, 0.3) is 0 Å². The van der Waals surface area contributed by atoms with E-state index in [0.717, 1.165) is 38.6 Å². The van der Waals surface area contributed by atoms with E-state index in [1.165, 1.54) is 22.7 Å². The largest absolute Gasteiger partial charge is 0.392 e. The summed E-state index contributed by atoms with van der Waals surface area (Å²) in [7, 11) is 0. The lowest BCUT2D eigenvalue weighted by atomic mass is 9.96. The lowest BCUT2D eigenvalue weighted by Gasteiger charge is -2.32. The monoisotopic (exact) mass is 325 g/mol. The maximum atomic E-state index is 9.44. The molecule has 2 N–H and O–H groups in total. The number of piperidine rings is 1. The molecule has 0 radical (unpaired) electrons. The number of thiazole rings is 1. The van der Waals surface area contributed by atoms with Crippen LogP contribution in [0.15, 0.2) is 6.20 Å². The number of nitrogens with zero attached hydrogens (tertiary/aromatic N) is 2. The summed E-state index contributed by atoms with van der Waals surface area (Å²) in [4.78, 5) is 8.24. The first kappa shape index (κ1) is 17.9. The van der Waals surface area contributed by atoms with Gasteiger partial charge in [0.2, 0.25) is 0 Å². The minimum atomic E-state index is -0.210. The van der Waals surface area contributed by atoms with Gasteiger partial charge >= 0.3 is 0 Å². The molecule has 0 amide bonds. The first-order chi connectivity index (χ1) is 10.3. The zero-order chi connectivity index (χ0) is 16.2. The number of nitrogens with one attached hydrogen (secondary N) is 1. The molecule has 1 aliphatic rings. The SMILES string of the molecule is C[C@H](O)CN1CCC(CNCc2cnc(C(C)(C)C)s2)CC1. The minimum Gasteiger partial charge on any atom is -0.392 e. The second-order valence-electron chi connectivity index (χ2n) is 7.61. The third-order valence-corrected chi connectivity index (χ3v) is 5.58. The normalized spacial score (nSPS) is 19.5. The number of aliphatic hydroxyl groups excluding tert-OH is 1. The summed E-state index contributed by atoms with van der Waals surface area (Å²) in [6.07, 6.45) is 4.27. The number of β-amino-alcohol motifs (C(OH)–C–C–N with tert-alkyl or cyclic N) is 1. The molecule has 2 rings (SSSR count). The average molecular weight is 326 g/mol. The van der Waals surface area contributed by atoms with Crippen molar-refractivity contribution in [2.75, 3.05) is 26.2 Å². The molecule has 1 aromatic heterocycles. The topological polar surface area (TPSA) is 48.4 Å². The highest BCUT2D eigenvalue weighted by Crippen LogP contribution is 2.26. The molecule has 0 bridgehead atoms. The first-order valence-corrected chi connectivity index (χ1v) is 9.22. The van der Waals surface area contributed by atoms with Gasteiger partial charge in [0.05, 0.1) is 11.1 Å². The smallest absolute Gasteiger partial charge is 0.0981 e. The standard InChI is InChI=1S/C17H31N3OS/c1-13(21)12-20-7-5-14(6-8-20)9-18-10-15-11-19-16(22-15)17(2,3)4/h11,13-14,18,21H,5-10,12H2,1-4H3/t13-/m0/s1. The highest BCUT2D eigenvalue weighted by atomic mass is 32.1. The molecule has 1 saturated heterocycles. The van der Waals surface area contributed by atoms with Gasteiger partial charge in [-0.3, -0.25) is 0 Å². The van der Waals surface area contributed by atoms with E-state index < -0.39 is 0 Å². The summed E-state index contributed by atoms with van der Waals surface area (Å²) in [5, 5.41) is 14.3. The molecule has 1 fully saturated rings. The predicted molar refractivity (Wildman–Crippen MR) is 93.4 cm³/mol. The summed E-state index contributed by atoms with van der Waals surface area (Å²) in [5.41, 5.74) is 0.152. The molecule has 126 valence electrons. The number of hydrogen-bond donors (Lipinski definition) is 2. The van der Waals surface area contributed by atoms with Crippen LogP contribution in [0.4, 0.5) is 0 Å². The fourth-order valence-corrected chi connectivity index (χ4v) is 3.82. The summed E-state index contributed by atoms with van der Waals surface area (Å²) in [5.74, 6) is 0.764. The van der Waals surface area contributed by atoms with E-state index in [2.05, 4.69) is 36.0 Å². The van der Waals surface area contributed by atoms with E-state index in [-0.39, 0.29) is 11.5 Å². The zero-order valence-electron chi connectivity index (χ0n) is 14.4. The van der Waals surface area contributed by atoms with Crippen molar-refractivity contribution in [2.24, 2.45) is 5.92 Å². The van der Waals surface area contributed by atoms with Crippen LogP contribution in [0.1, 0.15) is 50.4 Å². The molecule has 1 aromatic rings. The van der Waals surface area contributed by atoms with Crippen molar-refractivity contribution < 1.29 is 5.11 Å². The molecule has 2 heterocycles. The summed E-state index contributed by atoms with van der Waals surface area (Å²) in [6, 6.07) is 0. The van der Waals surface area contributed by atoms with Crippen molar-refractivity contribution in [3.8, 4) is 0 Å². The van der Waals surface area contributed by atoms with Gasteiger partial charge in [0, 0.05) is 29.6 Å². The van der Waals surface area contributed by atoms with E-state index in [0.29, 0.717) is 0 Å². The molecular weight excluding hydrogens is 294 g/mol. The Morgan fingerprint density at radius 3 is 2.64 bits per heavy atom. The first-order valence-electron chi connectivity index (χ1n) is 8.41. The van der Waals surface area contributed by atoms with Gasteiger partial charge in [-0.15, -0.1) is 11.3 Å². The van der Waals surface area contributed by atoms with Crippen LogP contribution < -0.4 is 5.32 Å². The highest BCUT2D eigenvalue weighted by molar-refractivity contribution is 7.11. The van der Waals surface area contributed by atoms with Gasteiger partial charge < -0.3 is 15.3 Å². The summed E-state index contributed by atoms with van der Waals surface area (Å²) < 4.78 is 0. The number of likely N-dealkylation sites (tertiary alicyclic amines) is 1. The number of rotatable bonds is 6. The Balaban J connectivity index is 1.66. The fraction of sp³-hybridized carbons (Fsp3) is 0.824. The second-order valence-corrected chi connectivity index (χ2v) is 8.72. The maximum absolute atomic E-state index is 9.44. The van der Waals surface area contributed by atoms with Crippen LogP contribution in [0.5, 0.6) is 0 Å². The van der Waals surface area contributed by atoms with Crippen molar-refractivity contribution in [3.63, 3.8) is 0 Å². The summed E-state index contributed by atoms with van der Waals surface area (Å²) in [6.45, 7) is 13.6. The third-order valence-electron chi connectivity index (χ3n) is 4.16. The van der Waals surface area contributed by atoms with E-state index in [1.807, 2.05) is 24.5 Å². The Bertz CT molecular complexity index is 445. The Morgan fingerprint density at radius 2 is 2.09 bits per heavy atom. The minimum absolute atomic E-state index is 0.152. The molecule has 1 aliphatic heterocycles. The Kier molecular flexibility index (Phi) is 6.38. The molecule has 0 saturated carbocycles. The average Bonchev–Trinajstić information content (AvgIpc) is 2.89. The van der Waals surface area contributed by atoms with Crippen LogP contribution in [-0.4, -0.2) is 47.3 Å². The molecule has 5 heteroatoms. The lowest BCUT2D eigenvalue weighted by Crippen LogP contribution is -2.40. The van der Waals surface area contributed by atoms with Crippen molar-refractivity contribution in [3.05, 3.63) is 16.1 Å². The van der Waals surface area contributed by atoms with Crippen LogP contribution in [0.3, 0.4) is 0 Å². The molecule has 1 atom stereocenters. The number of aliphatic hydroxyl groups is 1. The van der Waals surface area contributed by atoms with E-state index >= 15 is 0 Å². The molecule has 0 aliphatic carbocycles. The molecule has 22 heavy (non-hydrogen) atoms. The summed E-state index contributed by atoms with van der Waals surface area (Å²) >= 11 is 1.82. The van der Waals surface area contributed by atoms with Gasteiger partial charge in [0.1, 0.15) is 0 Å². The second kappa shape index (κ2) is 7.86. The van der Waals surface area contributed by atoms with Crippen molar-refractivity contribution in [2.45, 2.75) is 58.6 Å². The molecular formula is C17H31N3OS. The van der Waals surface area contributed by atoms with Crippen LogP contribution in [-0.2, 0) is 12.0 Å². The maximum Gasteiger partial charge on any atom is 0.0981 e. The zero-order valence-corrected chi connectivity index (χ0v) is 15.2. The van der Waals surface area contributed by atoms with Crippen molar-refractivity contribution in [1.29, 1.82) is 0 Å². The van der Waals surface area contributed by atoms with E-state index in [4.69, 9.17) is 0 Å². The quantitative estimate of drug-likeness (QED) is 0.844. The van der Waals surface area contributed by atoms with Gasteiger partial charge in [-0.25, -0.2) is 4.98 Å². The highest BCUT2D eigenvalue weighted by Gasteiger charge is 2.20. The Hall–Kier alpha value is -0.490. The molecule has 0 unspecified atom stereocenters. The van der Waals surface area contributed by atoms with Crippen molar-refractivity contribution >= 4 is 11.3 Å². The van der Waals surface area contributed by atoms with Gasteiger partial charge in [-0.05, 0) is 45.3 Å². The molecule has 4 nitrogen and oxygen atoms in total. The number of aromatic nitrogens is 1. The molecule has 0 aromatic carbocycles. The van der Waals surface area contributed by atoms with Gasteiger partial charge in [0.15, 0.2) is 0 Å².